The van der Waals surface area contributed by atoms with Gasteiger partial charge in [0.05, 0.1) is 17.4 Å². The highest BCUT2D eigenvalue weighted by molar-refractivity contribution is 7.07. The van der Waals surface area contributed by atoms with Crippen LogP contribution >= 0.6 is 11.3 Å². The highest BCUT2D eigenvalue weighted by Gasteiger charge is 2.17. The van der Waals surface area contributed by atoms with E-state index in [9.17, 15) is 0 Å². The minimum absolute atomic E-state index is 0.271. The summed E-state index contributed by atoms with van der Waals surface area (Å²) in [5.41, 5.74) is 3.67. The first kappa shape index (κ1) is 14.0. The zero-order chi connectivity index (χ0) is 14.5. The van der Waals surface area contributed by atoms with E-state index < -0.39 is 0 Å². The van der Waals surface area contributed by atoms with Gasteiger partial charge in [-0.05, 0) is 53.6 Å². The summed E-state index contributed by atoms with van der Waals surface area (Å²) in [6.45, 7) is 3.08. The molecule has 1 unspecified atom stereocenters. The highest BCUT2D eigenvalue weighted by atomic mass is 32.1. The van der Waals surface area contributed by atoms with Gasteiger partial charge in [0.25, 0.3) is 0 Å². The van der Waals surface area contributed by atoms with E-state index in [1.165, 1.54) is 11.3 Å². The lowest BCUT2D eigenvalue weighted by molar-refractivity contribution is 0.522. The molecule has 1 atom stereocenters. The van der Waals surface area contributed by atoms with Crippen molar-refractivity contribution in [3.8, 4) is 5.69 Å². The van der Waals surface area contributed by atoms with Gasteiger partial charge in [0.15, 0.2) is 0 Å². The van der Waals surface area contributed by atoms with Gasteiger partial charge in [-0.2, -0.15) is 16.4 Å². The second-order valence-electron chi connectivity index (χ2n) is 4.95. The minimum atomic E-state index is 0.271. The van der Waals surface area contributed by atoms with E-state index in [0.29, 0.717) is 0 Å². The lowest BCUT2D eigenvalue weighted by Crippen LogP contribution is -2.25. The first-order valence-corrected chi connectivity index (χ1v) is 8.16. The number of hydrogen-bond donors (Lipinski definition) is 1. The molecule has 0 fully saturated rings. The summed E-state index contributed by atoms with van der Waals surface area (Å²) in [7, 11) is 0. The van der Waals surface area contributed by atoms with E-state index in [2.05, 4.69) is 52.4 Å². The molecule has 0 saturated carbocycles. The van der Waals surface area contributed by atoms with Crippen LogP contribution in [0.5, 0.6) is 0 Å². The quantitative estimate of drug-likeness (QED) is 0.749. The number of rotatable bonds is 6. The van der Waals surface area contributed by atoms with Gasteiger partial charge in [-0.3, -0.25) is 0 Å². The molecular formula is C17H19N3S. The maximum Gasteiger partial charge on any atom is 0.0649 e. The Hall–Kier alpha value is -1.91. The molecule has 0 amide bonds. The molecule has 4 heteroatoms. The van der Waals surface area contributed by atoms with Crippen molar-refractivity contribution in [3.63, 3.8) is 0 Å². The Morgan fingerprint density at radius 2 is 2.05 bits per heavy atom. The summed E-state index contributed by atoms with van der Waals surface area (Å²) >= 11 is 1.75. The van der Waals surface area contributed by atoms with Crippen LogP contribution in [-0.2, 0) is 6.42 Å². The third kappa shape index (κ3) is 3.23. The zero-order valence-corrected chi connectivity index (χ0v) is 12.9. The van der Waals surface area contributed by atoms with Gasteiger partial charge in [0.2, 0.25) is 0 Å². The van der Waals surface area contributed by atoms with Crippen LogP contribution in [0.3, 0.4) is 0 Å². The van der Waals surface area contributed by atoms with Crippen molar-refractivity contribution in [2.45, 2.75) is 19.4 Å². The maximum atomic E-state index is 4.50. The molecule has 1 aromatic carbocycles. The molecule has 1 N–H and O–H groups in total. The molecule has 0 aliphatic carbocycles. The molecule has 0 spiro atoms. The van der Waals surface area contributed by atoms with Gasteiger partial charge < -0.3 is 5.32 Å². The Morgan fingerprint density at radius 3 is 2.76 bits per heavy atom. The normalized spacial score (nSPS) is 12.4. The summed E-state index contributed by atoms with van der Waals surface area (Å²) in [6.07, 6.45) is 2.86. The largest absolute Gasteiger partial charge is 0.309 e. The number of aromatic nitrogens is 2. The molecule has 0 radical (unpaired) electrons. The Balaban J connectivity index is 1.91. The number of likely N-dealkylation sites (N-methyl/N-ethyl adjacent to an activating group) is 1. The van der Waals surface area contributed by atoms with Gasteiger partial charge in [-0.15, -0.1) is 0 Å². The standard InChI is InChI=1S/C17H19N3S/c1-2-18-16(12-14-9-11-21-13-14)17-8-10-19-20(17)15-6-4-3-5-7-15/h3-11,13,16,18H,2,12H2,1H3. The summed E-state index contributed by atoms with van der Waals surface area (Å²) in [5, 5.41) is 12.4. The maximum absolute atomic E-state index is 4.50. The summed E-state index contributed by atoms with van der Waals surface area (Å²) < 4.78 is 2.03. The monoisotopic (exact) mass is 297 g/mol. The summed E-state index contributed by atoms with van der Waals surface area (Å²) in [6, 6.07) is 14.9. The van der Waals surface area contributed by atoms with Gasteiger partial charge in [-0.1, -0.05) is 25.1 Å². The molecule has 2 aromatic heterocycles. The topological polar surface area (TPSA) is 29.9 Å². The zero-order valence-electron chi connectivity index (χ0n) is 12.1. The molecule has 3 nitrogen and oxygen atoms in total. The average Bonchev–Trinajstić information content (AvgIpc) is 3.19. The predicted molar refractivity (Wildman–Crippen MR) is 88.0 cm³/mol. The molecule has 0 aliphatic heterocycles. The molecule has 2 heterocycles. The number of thiophene rings is 1. The Kier molecular flexibility index (Phi) is 4.48. The summed E-state index contributed by atoms with van der Waals surface area (Å²) in [4.78, 5) is 0. The highest BCUT2D eigenvalue weighted by Crippen LogP contribution is 2.22. The molecular weight excluding hydrogens is 278 g/mol. The number of hydrogen-bond acceptors (Lipinski definition) is 3. The Bertz CT molecular complexity index is 658. The van der Waals surface area contributed by atoms with Gasteiger partial charge in [0, 0.05) is 6.20 Å². The third-order valence-corrected chi connectivity index (χ3v) is 4.23. The average molecular weight is 297 g/mol. The van der Waals surface area contributed by atoms with Crippen LogP contribution in [0.25, 0.3) is 5.69 Å². The van der Waals surface area contributed by atoms with Crippen LogP contribution in [-0.4, -0.2) is 16.3 Å². The van der Waals surface area contributed by atoms with Crippen LogP contribution in [0, 0.1) is 0 Å². The van der Waals surface area contributed by atoms with Crippen molar-refractivity contribution < 1.29 is 0 Å². The fourth-order valence-corrected chi connectivity index (χ4v) is 3.22. The van der Waals surface area contributed by atoms with E-state index in [1.54, 1.807) is 11.3 Å². The van der Waals surface area contributed by atoms with Crippen molar-refractivity contribution in [1.29, 1.82) is 0 Å². The molecule has 0 aliphatic rings. The van der Waals surface area contributed by atoms with Gasteiger partial charge >= 0.3 is 0 Å². The molecule has 108 valence electrons. The lowest BCUT2D eigenvalue weighted by atomic mass is 10.1. The van der Waals surface area contributed by atoms with Crippen LogP contribution in [0.4, 0.5) is 0 Å². The molecule has 3 aromatic rings. The summed E-state index contributed by atoms with van der Waals surface area (Å²) in [5.74, 6) is 0. The van der Waals surface area contributed by atoms with E-state index >= 15 is 0 Å². The van der Waals surface area contributed by atoms with Crippen LogP contribution < -0.4 is 5.32 Å². The second-order valence-corrected chi connectivity index (χ2v) is 5.73. The number of nitrogens with zero attached hydrogens (tertiary/aromatic N) is 2. The van der Waals surface area contributed by atoms with E-state index in [4.69, 9.17) is 0 Å². The fraction of sp³-hybridized carbons (Fsp3) is 0.235. The number of nitrogens with one attached hydrogen (secondary N) is 1. The van der Waals surface area contributed by atoms with E-state index in [-0.39, 0.29) is 6.04 Å². The van der Waals surface area contributed by atoms with E-state index in [0.717, 1.165) is 18.7 Å². The Labute approximate surface area is 129 Å². The number of benzene rings is 1. The third-order valence-electron chi connectivity index (χ3n) is 3.50. The Morgan fingerprint density at radius 1 is 1.19 bits per heavy atom. The molecule has 3 rings (SSSR count). The predicted octanol–water partition coefficient (Wildman–Crippen LogP) is 3.83. The minimum Gasteiger partial charge on any atom is -0.309 e. The van der Waals surface area contributed by atoms with Crippen molar-refractivity contribution in [3.05, 3.63) is 70.7 Å². The fourth-order valence-electron chi connectivity index (χ4n) is 2.53. The second kappa shape index (κ2) is 6.70. The van der Waals surface area contributed by atoms with Crippen LogP contribution in [0.2, 0.25) is 0 Å². The van der Waals surface area contributed by atoms with Crippen molar-refractivity contribution in [1.82, 2.24) is 15.1 Å². The van der Waals surface area contributed by atoms with Gasteiger partial charge in [0.1, 0.15) is 0 Å². The molecule has 0 bridgehead atoms. The van der Waals surface area contributed by atoms with Gasteiger partial charge in [-0.25, -0.2) is 4.68 Å². The first-order chi connectivity index (χ1) is 10.4. The molecule has 21 heavy (non-hydrogen) atoms. The smallest absolute Gasteiger partial charge is 0.0649 e. The molecule has 0 saturated heterocycles. The van der Waals surface area contributed by atoms with Crippen LogP contribution in [0.1, 0.15) is 24.2 Å². The number of para-hydroxylation sites is 1. The first-order valence-electron chi connectivity index (χ1n) is 7.22. The van der Waals surface area contributed by atoms with E-state index in [1.807, 2.05) is 29.1 Å². The van der Waals surface area contributed by atoms with Crippen LogP contribution in [0.15, 0.2) is 59.4 Å². The lowest BCUT2D eigenvalue weighted by Gasteiger charge is -2.19. The van der Waals surface area contributed by atoms with Crippen molar-refractivity contribution in [2.75, 3.05) is 6.54 Å². The SMILES string of the molecule is CCNC(Cc1ccsc1)c1ccnn1-c1ccccc1. The van der Waals surface area contributed by atoms with Crippen molar-refractivity contribution >= 4 is 11.3 Å². The van der Waals surface area contributed by atoms with Crippen molar-refractivity contribution in [2.24, 2.45) is 0 Å².